The number of Topliss-reactive ketones (excluding diaryl/α,β-unsaturated/α-hetero) is 1. The van der Waals surface area contributed by atoms with Crippen molar-refractivity contribution in [1.29, 1.82) is 0 Å². The number of rotatable bonds is 11. The van der Waals surface area contributed by atoms with Gasteiger partial charge in [-0.25, -0.2) is 0 Å². The lowest BCUT2D eigenvalue weighted by molar-refractivity contribution is -0.147. The fourth-order valence-corrected chi connectivity index (χ4v) is 3.59. The maximum absolute atomic E-state index is 12.2. The van der Waals surface area contributed by atoms with Gasteiger partial charge in [-0.2, -0.15) is 0 Å². The Kier molecular flexibility index (Phi) is 10.1. The number of hydrogen-bond donors (Lipinski definition) is 2. The number of benzene rings is 3. The van der Waals surface area contributed by atoms with Gasteiger partial charge in [0.15, 0.2) is 12.4 Å². The van der Waals surface area contributed by atoms with Crippen molar-refractivity contribution in [2.45, 2.75) is 26.2 Å². The number of anilines is 2. The summed E-state index contributed by atoms with van der Waals surface area (Å²) in [5, 5.41) is 6.18. The largest absolute Gasteiger partial charge is 0.456 e. The molecule has 0 fully saturated rings. The number of nitrogens with one attached hydrogen (secondary N) is 2. The van der Waals surface area contributed by atoms with E-state index in [9.17, 15) is 19.2 Å². The minimum atomic E-state index is -0.595. The second kappa shape index (κ2) is 13.4. The first kappa shape index (κ1) is 27.7. The van der Waals surface area contributed by atoms with Crippen LogP contribution < -0.4 is 15.4 Å². The van der Waals surface area contributed by atoms with Crippen LogP contribution >= 0.6 is 23.2 Å². The van der Waals surface area contributed by atoms with Crippen molar-refractivity contribution in [3.05, 3.63) is 82.3 Å². The van der Waals surface area contributed by atoms with E-state index in [0.29, 0.717) is 38.5 Å². The molecule has 0 aromatic heterocycles. The van der Waals surface area contributed by atoms with Gasteiger partial charge in [0.25, 0.3) is 5.91 Å². The van der Waals surface area contributed by atoms with Gasteiger partial charge in [-0.15, -0.1) is 0 Å². The Morgan fingerprint density at radius 3 is 2.24 bits per heavy atom. The first-order valence-electron chi connectivity index (χ1n) is 11.3. The second-order valence-electron chi connectivity index (χ2n) is 7.95. The molecule has 2 amide bonds. The predicted octanol–water partition coefficient (Wildman–Crippen LogP) is 6.28. The first-order valence-corrected chi connectivity index (χ1v) is 12.0. The molecule has 0 aliphatic carbocycles. The summed E-state index contributed by atoms with van der Waals surface area (Å²) >= 11 is 12.0. The molecule has 8 nitrogen and oxygen atoms in total. The van der Waals surface area contributed by atoms with E-state index in [2.05, 4.69) is 10.6 Å². The van der Waals surface area contributed by atoms with Gasteiger partial charge in [-0.05, 0) is 67.9 Å². The average Bonchev–Trinajstić information content (AvgIpc) is 2.86. The molecule has 3 rings (SSSR count). The van der Waals surface area contributed by atoms with Gasteiger partial charge in [0.2, 0.25) is 5.91 Å². The van der Waals surface area contributed by atoms with Crippen molar-refractivity contribution in [2.24, 2.45) is 0 Å². The normalized spacial score (nSPS) is 10.4. The summed E-state index contributed by atoms with van der Waals surface area (Å²) in [6, 6.07) is 18.1. The van der Waals surface area contributed by atoms with Crippen LogP contribution in [-0.4, -0.2) is 30.2 Å². The number of carbonyl (C=O) groups is 4. The molecule has 192 valence electrons. The van der Waals surface area contributed by atoms with E-state index in [-0.39, 0.29) is 31.0 Å². The van der Waals surface area contributed by atoms with Crippen molar-refractivity contribution in [3.8, 4) is 11.5 Å². The fourth-order valence-electron chi connectivity index (χ4n) is 3.14. The van der Waals surface area contributed by atoms with Crippen LogP contribution in [-0.2, 0) is 19.1 Å². The Morgan fingerprint density at radius 1 is 0.811 bits per heavy atom. The van der Waals surface area contributed by atoms with Crippen LogP contribution in [0.2, 0.25) is 10.0 Å². The van der Waals surface area contributed by atoms with E-state index in [0.717, 1.165) is 0 Å². The number of hydrogen-bond acceptors (Lipinski definition) is 6. The van der Waals surface area contributed by atoms with Crippen LogP contribution in [0, 0.1) is 0 Å². The maximum Gasteiger partial charge on any atom is 0.306 e. The summed E-state index contributed by atoms with van der Waals surface area (Å²) < 4.78 is 10.7. The van der Waals surface area contributed by atoms with Gasteiger partial charge < -0.3 is 20.1 Å². The lowest BCUT2D eigenvalue weighted by Gasteiger charge is -2.10. The van der Waals surface area contributed by atoms with Crippen molar-refractivity contribution < 1.29 is 28.7 Å². The summed E-state index contributed by atoms with van der Waals surface area (Å²) in [7, 11) is 0. The van der Waals surface area contributed by atoms with Crippen LogP contribution in [0.25, 0.3) is 0 Å². The lowest BCUT2D eigenvalue weighted by Crippen LogP contribution is -2.21. The van der Waals surface area contributed by atoms with Gasteiger partial charge >= 0.3 is 5.97 Å². The van der Waals surface area contributed by atoms with E-state index in [1.54, 1.807) is 60.7 Å². The Hall–Kier alpha value is -3.88. The van der Waals surface area contributed by atoms with E-state index >= 15 is 0 Å². The number of carbonyl (C=O) groups excluding carboxylic acids is 4. The minimum Gasteiger partial charge on any atom is -0.456 e. The van der Waals surface area contributed by atoms with E-state index in [4.69, 9.17) is 32.7 Å². The molecule has 0 unspecified atom stereocenters. The molecule has 10 heteroatoms. The molecule has 0 saturated heterocycles. The Labute approximate surface area is 223 Å². The predicted molar refractivity (Wildman–Crippen MR) is 141 cm³/mol. The third kappa shape index (κ3) is 9.25. The van der Waals surface area contributed by atoms with Gasteiger partial charge in [0.1, 0.15) is 11.5 Å². The lowest BCUT2D eigenvalue weighted by atomic mass is 10.1. The summed E-state index contributed by atoms with van der Waals surface area (Å²) in [4.78, 5) is 47.5. The number of amides is 2. The highest BCUT2D eigenvalue weighted by Gasteiger charge is 2.11. The molecule has 0 spiro atoms. The number of ketones is 1. The highest BCUT2D eigenvalue weighted by molar-refractivity contribution is 6.35. The Morgan fingerprint density at radius 2 is 1.54 bits per heavy atom. The summed E-state index contributed by atoms with van der Waals surface area (Å²) in [5.41, 5.74) is 1.45. The quantitative estimate of drug-likeness (QED) is 0.218. The van der Waals surface area contributed by atoms with Crippen LogP contribution in [0.3, 0.4) is 0 Å². The average molecular weight is 543 g/mol. The van der Waals surface area contributed by atoms with Crippen molar-refractivity contribution >= 4 is 58.1 Å². The minimum absolute atomic E-state index is 0.0187. The van der Waals surface area contributed by atoms with Crippen LogP contribution in [0.4, 0.5) is 11.4 Å². The monoisotopic (exact) mass is 542 g/mol. The number of halogens is 2. The molecular formula is C27H24Cl2N2O6. The third-order valence-corrected chi connectivity index (χ3v) is 5.49. The third-order valence-electron chi connectivity index (χ3n) is 4.96. The summed E-state index contributed by atoms with van der Waals surface area (Å²) in [6.07, 6.45) is 0.329. The summed E-state index contributed by atoms with van der Waals surface area (Å²) in [6.45, 7) is 0.958. The van der Waals surface area contributed by atoms with Gasteiger partial charge in [-0.3, -0.25) is 19.2 Å². The molecule has 0 atom stereocenters. The Balaban J connectivity index is 1.35. The van der Waals surface area contributed by atoms with Crippen LogP contribution in [0.5, 0.6) is 11.5 Å². The zero-order valence-electron chi connectivity index (χ0n) is 19.9. The maximum atomic E-state index is 12.2. The molecule has 0 radical (unpaired) electrons. The fraction of sp³-hybridized carbons (Fsp3) is 0.185. The van der Waals surface area contributed by atoms with Crippen LogP contribution in [0.15, 0.2) is 66.7 Å². The number of esters is 1. The van der Waals surface area contributed by atoms with Crippen molar-refractivity contribution in [3.63, 3.8) is 0 Å². The SMILES string of the molecule is CC(=O)c1cccc(NC(=O)COC(=O)CCCC(=O)Nc2ccc(Oc3ccc(Cl)cc3Cl)cc2)c1. The topological polar surface area (TPSA) is 111 Å². The van der Waals surface area contributed by atoms with Crippen LogP contribution in [0.1, 0.15) is 36.5 Å². The molecule has 37 heavy (non-hydrogen) atoms. The number of ether oxygens (including phenoxy) is 2. The van der Waals surface area contributed by atoms with E-state index in [1.165, 1.54) is 13.0 Å². The smallest absolute Gasteiger partial charge is 0.306 e. The summed E-state index contributed by atoms with van der Waals surface area (Å²) in [5.74, 6) is -0.544. The van der Waals surface area contributed by atoms with Crippen molar-refractivity contribution in [2.75, 3.05) is 17.2 Å². The molecule has 0 aliphatic rings. The zero-order valence-corrected chi connectivity index (χ0v) is 21.4. The molecule has 3 aromatic carbocycles. The molecule has 0 bridgehead atoms. The highest BCUT2D eigenvalue weighted by Crippen LogP contribution is 2.32. The molecule has 3 aromatic rings. The second-order valence-corrected chi connectivity index (χ2v) is 8.79. The van der Waals surface area contributed by atoms with E-state index in [1.807, 2.05) is 0 Å². The zero-order chi connectivity index (χ0) is 26.8. The van der Waals surface area contributed by atoms with Crippen molar-refractivity contribution in [1.82, 2.24) is 0 Å². The molecule has 0 heterocycles. The molecular weight excluding hydrogens is 519 g/mol. The standard InChI is InChI=1S/C27H24Cl2N2O6/c1-17(32)18-4-2-5-21(14-18)31-26(34)16-36-27(35)7-3-6-25(33)30-20-9-11-22(12-10-20)37-24-13-8-19(28)15-23(24)29/h2,4-5,8-15H,3,6-7,16H2,1H3,(H,30,33)(H,31,34). The first-order chi connectivity index (χ1) is 17.7. The van der Waals surface area contributed by atoms with Gasteiger partial charge in [-0.1, -0.05) is 35.3 Å². The molecule has 0 saturated carbocycles. The molecule has 0 aliphatic heterocycles. The van der Waals surface area contributed by atoms with Gasteiger partial charge in [0, 0.05) is 34.8 Å². The molecule has 2 N–H and O–H groups in total. The van der Waals surface area contributed by atoms with Gasteiger partial charge in [0.05, 0.1) is 5.02 Å². The van der Waals surface area contributed by atoms with E-state index < -0.39 is 18.5 Å². The Bertz CT molecular complexity index is 1290. The highest BCUT2D eigenvalue weighted by atomic mass is 35.5.